The summed E-state index contributed by atoms with van der Waals surface area (Å²) in [5.41, 5.74) is 0.526. The lowest BCUT2D eigenvalue weighted by Gasteiger charge is -2.20. The Morgan fingerprint density at radius 3 is 2.82 bits per heavy atom. The summed E-state index contributed by atoms with van der Waals surface area (Å²) in [6, 6.07) is 5.68. The Morgan fingerprint density at radius 1 is 1.29 bits per heavy atom. The number of hydrogen-bond donors (Lipinski definition) is 1. The van der Waals surface area contributed by atoms with Crippen LogP contribution in [0.5, 0.6) is 0 Å². The Labute approximate surface area is 174 Å². The Bertz CT molecular complexity index is 1030. The minimum Gasteiger partial charge on any atom is -0.350 e. The molecule has 0 saturated carbocycles. The van der Waals surface area contributed by atoms with Gasteiger partial charge in [0.05, 0.1) is 24.4 Å². The maximum atomic E-state index is 12.5. The van der Waals surface area contributed by atoms with Gasteiger partial charge in [0.15, 0.2) is 5.16 Å². The first-order chi connectivity index (χ1) is 13.5. The van der Waals surface area contributed by atoms with Gasteiger partial charge < -0.3 is 10.2 Å². The minimum absolute atomic E-state index is 0.0111. The van der Waals surface area contributed by atoms with Crippen molar-refractivity contribution in [2.45, 2.75) is 18.6 Å². The van der Waals surface area contributed by atoms with E-state index in [1.807, 2.05) is 29.8 Å². The maximum absolute atomic E-state index is 12.5. The number of nitrogens with one attached hydrogen (secondary N) is 1. The molecule has 0 aromatic carbocycles. The van der Waals surface area contributed by atoms with E-state index in [0.717, 1.165) is 4.88 Å². The van der Waals surface area contributed by atoms with E-state index in [9.17, 15) is 14.4 Å². The molecule has 10 heteroatoms. The zero-order valence-electron chi connectivity index (χ0n) is 15.5. The predicted octanol–water partition coefficient (Wildman–Crippen LogP) is 2.31. The molecule has 0 aliphatic carbocycles. The zero-order valence-corrected chi connectivity index (χ0v) is 18.0. The van der Waals surface area contributed by atoms with E-state index in [0.29, 0.717) is 28.5 Å². The molecule has 0 aliphatic heterocycles. The average Bonchev–Trinajstić information content (AvgIpc) is 3.37. The van der Waals surface area contributed by atoms with Gasteiger partial charge in [-0.2, -0.15) is 0 Å². The van der Waals surface area contributed by atoms with Crippen molar-refractivity contribution in [2.24, 2.45) is 7.05 Å². The van der Waals surface area contributed by atoms with Crippen LogP contribution in [0.2, 0.25) is 0 Å². The van der Waals surface area contributed by atoms with Crippen molar-refractivity contribution in [3.63, 3.8) is 0 Å². The fraction of sp³-hybridized carbons (Fsp3) is 0.333. The van der Waals surface area contributed by atoms with E-state index >= 15 is 0 Å². The lowest BCUT2D eigenvalue weighted by molar-refractivity contribution is -0.133. The Hall–Kier alpha value is -2.17. The Morgan fingerprint density at radius 2 is 2.11 bits per heavy atom. The molecule has 3 heterocycles. The standard InChI is InChI=1S/C18H20N4O3S3/c1-3-22(10-14(23)19-9-12-5-4-7-26-12)15(24)11-28-18-20-13-6-8-27-16(13)17(25)21(18)2/h4-8H,3,9-11H2,1-2H3,(H,19,23). The summed E-state index contributed by atoms with van der Waals surface area (Å²) in [7, 11) is 1.65. The van der Waals surface area contributed by atoms with Crippen molar-refractivity contribution < 1.29 is 9.59 Å². The molecule has 7 nitrogen and oxygen atoms in total. The van der Waals surface area contributed by atoms with Gasteiger partial charge in [0.2, 0.25) is 11.8 Å². The second-order valence-electron chi connectivity index (χ2n) is 5.95. The highest BCUT2D eigenvalue weighted by atomic mass is 32.2. The second kappa shape index (κ2) is 9.35. The van der Waals surface area contributed by atoms with Crippen LogP contribution in [0, 0.1) is 0 Å². The highest BCUT2D eigenvalue weighted by Gasteiger charge is 2.17. The monoisotopic (exact) mass is 436 g/mol. The van der Waals surface area contributed by atoms with E-state index in [1.54, 1.807) is 24.5 Å². The molecular weight excluding hydrogens is 416 g/mol. The number of rotatable bonds is 8. The molecule has 2 amide bonds. The third-order valence-corrected chi connectivity index (χ3v) is 6.86. The van der Waals surface area contributed by atoms with Crippen LogP contribution in [0.4, 0.5) is 0 Å². The van der Waals surface area contributed by atoms with Crippen molar-refractivity contribution in [1.29, 1.82) is 0 Å². The first-order valence-electron chi connectivity index (χ1n) is 8.63. The number of nitrogens with zero attached hydrogens (tertiary/aromatic N) is 3. The molecule has 0 atom stereocenters. The minimum atomic E-state index is -0.196. The lowest BCUT2D eigenvalue weighted by Crippen LogP contribution is -2.41. The van der Waals surface area contributed by atoms with Gasteiger partial charge in [0.25, 0.3) is 5.56 Å². The van der Waals surface area contributed by atoms with Gasteiger partial charge in [-0.1, -0.05) is 17.8 Å². The van der Waals surface area contributed by atoms with Gasteiger partial charge in [-0.15, -0.1) is 22.7 Å². The molecule has 3 aromatic rings. The fourth-order valence-electron chi connectivity index (χ4n) is 2.52. The predicted molar refractivity (Wildman–Crippen MR) is 114 cm³/mol. The summed E-state index contributed by atoms with van der Waals surface area (Å²) in [4.78, 5) is 44.0. The van der Waals surface area contributed by atoms with Gasteiger partial charge in [-0.3, -0.25) is 19.0 Å². The summed E-state index contributed by atoms with van der Waals surface area (Å²) in [5.74, 6) is -0.251. The van der Waals surface area contributed by atoms with Crippen LogP contribution in [-0.2, 0) is 23.2 Å². The topological polar surface area (TPSA) is 84.3 Å². The highest BCUT2D eigenvalue weighted by molar-refractivity contribution is 7.99. The third-order valence-electron chi connectivity index (χ3n) is 4.08. The molecule has 0 aliphatic rings. The van der Waals surface area contributed by atoms with Gasteiger partial charge >= 0.3 is 0 Å². The zero-order chi connectivity index (χ0) is 20.1. The molecule has 28 heavy (non-hydrogen) atoms. The van der Waals surface area contributed by atoms with Crippen molar-refractivity contribution in [1.82, 2.24) is 19.8 Å². The number of aromatic nitrogens is 2. The van der Waals surface area contributed by atoms with E-state index in [2.05, 4.69) is 10.3 Å². The highest BCUT2D eigenvalue weighted by Crippen LogP contribution is 2.20. The molecule has 148 valence electrons. The van der Waals surface area contributed by atoms with Gasteiger partial charge in [-0.05, 0) is 29.8 Å². The van der Waals surface area contributed by atoms with Crippen LogP contribution in [0.1, 0.15) is 11.8 Å². The number of carbonyl (C=O) groups excluding carboxylic acids is 2. The summed E-state index contributed by atoms with van der Waals surface area (Å²) >= 11 is 4.13. The lowest BCUT2D eigenvalue weighted by atomic mass is 10.4. The van der Waals surface area contributed by atoms with Crippen molar-refractivity contribution in [2.75, 3.05) is 18.8 Å². The first-order valence-corrected chi connectivity index (χ1v) is 11.4. The van der Waals surface area contributed by atoms with Gasteiger partial charge in [-0.25, -0.2) is 4.98 Å². The van der Waals surface area contributed by atoms with Crippen LogP contribution in [0.3, 0.4) is 0 Å². The smallest absolute Gasteiger partial charge is 0.271 e. The molecule has 0 unspecified atom stereocenters. The molecule has 3 aromatic heterocycles. The second-order valence-corrected chi connectivity index (χ2v) is 8.84. The summed E-state index contributed by atoms with van der Waals surface area (Å²) in [5, 5.41) is 7.09. The summed E-state index contributed by atoms with van der Waals surface area (Å²) in [6.45, 7) is 2.74. The first kappa shape index (κ1) is 20.6. The normalized spacial score (nSPS) is 10.9. The molecule has 0 fully saturated rings. The van der Waals surface area contributed by atoms with Crippen LogP contribution in [0.15, 0.2) is 38.9 Å². The molecule has 0 spiro atoms. The van der Waals surface area contributed by atoms with E-state index in [1.165, 1.54) is 32.6 Å². The Balaban J connectivity index is 1.57. The SMILES string of the molecule is CCN(CC(=O)NCc1cccs1)C(=O)CSc1nc2ccsc2c(=O)n1C. The molecule has 0 saturated heterocycles. The number of likely N-dealkylation sites (N-methyl/N-ethyl adjacent to an activating group) is 1. The van der Waals surface area contributed by atoms with Crippen LogP contribution < -0.4 is 10.9 Å². The molecule has 1 N–H and O–H groups in total. The van der Waals surface area contributed by atoms with Crippen LogP contribution in [-0.4, -0.2) is 45.1 Å². The quantitative estimate of drug-likeness (QED) is 0.433. The van der Waals surface area contributed by atoms with Crippen LogP contribution >= 0.6 is 34.4 Å². The molecule has 0 radical (unpaired) electrons. The molecular formula is C18H20N4O3S3. The largest absolute Gasteiger partial charge is 0.350 e. The van der Waals surface area contributed by atoms with Gasteiger partial charge in [0.1, 0.15) is 4.70 Å². The number of thiophene rings is 2. The summed E-state index contributed by atoms with van der Waals surface area (Å²) < 4.78 is 2.07. The number of fused-ring (bicyclic) bond motifs is 1. The average molecular weight is 437 g/mol. The van der Waals surface area contributed by atoms with Gasteiger partial charge in [0, 0.05) is 18.5 Å². The van der Waals surface area contributed by atoms with E-state index in [4.69, 9.17) is 0 Å². The summed E-state index contributed by atoms with van der Waals surface area (Å²) in [6.07, 6.45) is 0. The Kier molecular flexibility index (Phi) is 6.87. The maximum Gasteiger partial charge on any atom is 0.271 e. The fourth-order valence-corrected chi connectivity index (χ4v) is 4.84. The van der Waals surface area contributed by atoms with E-state index in [-0.39, 0.29) is 29.7 Å². The van der Waals surface area contributed by atoms with Crippen molar-refractivity contribution in [3.05, 3.63) is 44.2 Å². The van der Waals surface area contributed by atoms with Crippen LogP contribution in [0.25, 0.3) is 10.2 Å². The number of amides is 2. The van der Waals surface area contributed by atoms with Crippen molar-refractivity contribution in [3.8, 4) is 0 Å². The molecule has 0 bridgehead atoms. The third kappa shape index (κ3) is 4.81. The number of carbonyl (C=O) groups is 2. The molecule has 3 rings (SSSR count). The van der Waals surface area contributed by atoms with Crippen molar-refractivity contribution >= 4 is 56.5 Å². The van der Waals surface area contributed by atoms with E-state index < -0.39 is 0 Å². The number of thioether (sulfide) groups is 1. The number of hydrogen-bond acceptors (Lipinski definition) is 7.